The van der Waals surface area contributed by atoms with Crippen molar-refractivity contribution >= 4 is 5.97 Å². The molecule has 1 rings (SSSR count). The van der Waals surface area contributed by atoms with E-state index >= 15 is 0 Å². The highest BCUT2D eigenvalue weighted by Gasteiger charge is 2.39. The van der Waals surface area contributed by atoms with E-state index in [0.717, 1.165) is 25.7 Å². The number of carboxylic acid groups (broad SMARTS) is 1. The van der Waals surface area contributed by atoms with Crippen LogP contribution in [0.1, 0.15) is 64.7 Å². The second kappa shape index (κ2) is 12.2. The average Bonchev–Trinajstić information content (AvgIpc) is 2.82. The molecule has 0 aromatic heterocycles. The Balaban J connectivity index is 2.46. The maximum absolute atomic E-state index is 10.5. The fourth-order valence-corrected chi connectivity index (χ4v) is 3.41. The number of hydrogen-bond acceptors (Lipinski definition) is 4. The summed E-state index contributed by atoms with van der Waals surface area (Å²) in [5.41, 5.74) is 0. The van der Waals surface area contributed by atoms with Crippen LogP contribution in [-0.2, 0) is 4.79 Å². The van der Waals surface area contributed by atoms with Gasteiger partial charge in [-0.25, -0.2) is 0 Å². The molecule has 0 aliphatic heterocycles. The van der Waals surface area contributed by atoms with Crippen molar-refractivity contribution in [3.8, 4) is 0 Å². The summed E-state index contributed by atoms with van der Waals surface area (Å²) in [4.78, 5) is 10.5. The number of carbonyl (C=O) groups is 1. The summed E-state index contributed by atoms with van der Waals surface area (Å²) < 4.78 is 0. The molecular weight excluding hydrogens is 320 g/mol. The molecule has 0 spiro atoms. The van der Waals surface area contributed by atoms with Gasteiger partial charge in [0.05, 0.1) is 18.3 Å². The zero-order valence-corrected chi connectivity index (χ0v) is 15.3. The number of rotatable bonds is 12. The third-order valence-corrected chi connectivity index (χ3v) is 4.91. The first-order valence-electron chi connectivity index (χ1n) is 9.55. The van der Waals surface area contributed by atoms with Crippen LogP contribution >= 0.6 is 0 Å². The van der Waals surface area contributed by atoms with Gasteiger partial charge in [-0.05, 0) is 31.6 Å². The number of allylic oxidation sites excluding steroid dienone is 2. The van der Waals surface area contributed by atoms with Crippen LogP contribution in [0.15, 0.2) is 24.3 Å². The van der Waals surface area contributed by atoms with Gasteiger partial charge in [0.15, 0.2) is 0 Å². The lowest BCUT2D eigenvalue weighted by Crippen LogP contribution is -2.20. The first-order valence-corrected chi connectivity index (χ1v) is 9.55. The van der Waals surface area contributed by atoms with Gasteiger partial charge in [-0.1, -0.05) is 50.5 Å². The highest BCUT2D eigenvalue weighted by Crippen LogP contribution is 2.36. The Hall–Kier alpha value is -1.17. The van der Waals surface area contributed by atoms with E-state index in [1.165, 1.54) is 0 Å². The number of carboxylic acids is 1. The Labute approximate surface area is 151 Å². The van der Waals surface area contributed by atoms with Crippen LogP contribution in [0.3, 0.4) is 0 Å². The van der Waals surface area contributed by atoms with Gasteiger partial charge in [-0.2, -0.15) is 0 Å². The van der Waals surface area contributed by atoms with Crippen LogP contribution in [0.4, 0.5) is 0 Å². The summed E-state index contributed by atoms with van der Waals surface area (Å²) in [5.74, 6) is -1.00. The number of unbranched alkanes of at least 4 members (excludes halogenated alkanes) is 3. The van der Waals surface area contributed by atoms with Gasteiger partial charge in [-0.15, -0.1) is 0 Å². The second-order valence-electron chi connectivity index (χ2n) is 7.05. The van der Waals surface area contributed by atoms with Crippen LogP contribution in [0, 0.1) is 11.8 Å². The Morgan fingerprint density at radius 3 is 2.60 bits per heavy atom. The molecule has 0 radical (unpaired) electrons. The molecule has 0 heterocycles. The lowest BCUT2D eigenvalue weighted by Gasteiger charge is -2.19. The maximum Gasteiger partial charge on any atom is 0.303 e. The number of aliphatic carboxylic acids is 1. The first kappa shape index (κ1) is 21.9. The molecule has 5 atom stereocenters. The van der Waals surface area contributed by atoms with Gasteiger partial charge in [0, 0.05) is 18.8 Å². The minimum atomic E-state index is -0.787. The van der Waals surface area contributed by atoms with Crippen molar-refractivity contribution in [2.75, 3.05) is 0 Å². The van der Waals surface area contributed by atoms with Gasteiger partial charge in [0.2, 0.25) is 0 Å². The topological polar surface area (TPSA) is 98.0 Å². The Morgan fingerprint density at radius 2 is 1.92 bits per heavy atom. The molecule has 5 nitrogen and oxygen atoms in total. The van der Waals surface area contributed by atoms with E-state index in [-0.39, 0.29) is 18.3 Å². The van der Waals surface area contributed by atoms with Gasteiger partial charge in [-0.3, -0.25) is 4.79 Å². The summed E-state index contributed by atoms with van der Waals surface area (Å²) >= 11 is 0. The fraction of sp³-hybridized carbons (Fsp3) is 0.750. The third-order valence-electron chi connectivity index (χ3n) is 4.91. The van der Waals surface area contributed by atoms with Crippen molar-refractivity contribution in [2.24, 2.45) is 11.8 Å². The van der Waals surface area contributed by atoms with Crippen molar-refractivity contribution in [1.82, 2.24) is 0 Å². The van der Waals surface area contributed by atoms with E-state index in [4.69, 9.17) is 5.11 Å². The molecule has 1 saturated carbocycles. The standard InChI is InChI=1S/C20H34O5/c1-2-3-6-9-15(21)12-13-17-16(18(22)14-19(17)23)10-7-4-5-8-11-20(24)25/h4,7,12-13,15-19,21-23H,2-3,5-6,8-11,14H2,1H3,(H,24,25)/b7-4+,13-12+/t15-,16+,17+,18-,19+/m1/s1. The summed E-state index contributed by atoms with van der Waals surface area (Å²) in [7, 11) is 0. The lowest BCUT2D eigenvalue weighted by atomic mass is 9.89. The largest absolute Gasteiger partial charge is 0.481 e. The molecule has 0 aromatic carbocycles. The molecule has 144 valence electrons. The number of hydrogen-bond donors (Lipinski definition) is 4. The van der Waals surface area contributed by atoms with E-state index in [1.54, 1.807) is 6.08 Å². The predicted octanol–water partition coefficient (Wildman–Crippen LogP) is 3.04. The highest BCUT2D eigenvalue weighted by molar-refractivity contribution is 5.66. The average molecular weight is 354 g/mol. The van der Waals surface area contributed by atoms with E-state index < -0.39 is 24.3 Å². The zero-order valence-electron chi connectivity index (χ0n) is 15.3. The molecule has 1 aliphatic rings. The third kappa shape index (κ3) is 8.66. The van der Waals surface area contributed by atoms with Crippen LogP contribution in [-0.4, -0.2) is 44.7 Å². The van der Waals surface area contributed by atoms with Gasteiger partial charge in [0.1, 0.15) is 0 Å². The SMILES string of the molecule is CCCCC[C@@H](O)/C=C/[C@H]1[C@H](C/C=C/CCCC(=O)O)[C@H](O)C[C@@H]1O. The van der Waals surface area contributed by atoms with E-state index in [2.05, 4.69) is 6.92 Å². The quantitative estimate of drug-likeness (QED) is 0.319. The normalized spacial score (nSPS) is 28.2. The summed E-state index contributed by atoms with van der Waals surface area (Å²) in [6.07, 6.45) is 12.3. The lowest BCUT2D eigenvalue weighted by molar-refractivity contribution is -0.137. The summed E-state index contributed by atoms with van der Waals surface area (Å²) in [6, 6.07) is 0. The van der Waals surface area contributed by atoms with Crippen molar-refractivity contribution in [3.63, 3.8) is 0 Å². The summed E-state index contributed by atoms with van der Waals surface area (Å²) in [6.45, 7) is 2.12. The molecule has 0 bridgehead atoms. The van der Waals surface area contributed by atoms with Crippen molar-refractivity contribution in [2.45, 2.75) is 83.0 Å². The minimum absolute atomic E-state index is 0.0650. The molecule has 1 aliphatic carbocycles. The van der Waals surface area contributed by atoms with Crippen molar-refractivity contribution < 1.29 is 25.2 Å². The smallest absolute Gasteiger partial charge is 0.303 e. The number of aliphatic hydroxyl groups is 3. The first-order chi connectivity index (χ1) is 12.0. The maximum atomic E-state index is 10.5. The molecular formula is C20H34O5. The van der Waals surface area contributed by atoms with Crippen LogP contribution in [0.25, 0.3) is 0 Å². The molecule has 0 unspecified atom stereocenters. The van der Waals surface area contributed by atoms with Gasteiger partial charge in [0.25, 0.3) is 0 Å². The van der Waals surface area contributed by atoms with Gasteiger partial charge >= 0.3 is 5.97 Å². The van der Waals surface area contributed by atoms with E-state index in [9.17, 15) is 20.1 Å². The molecule has 1 fully saturated rings. The Bertz CT molecular complexity index is 432. The van der Waals surface area contributed by atoms with E-state index in [0.29, 0.717) is 25.7 Å². The summed E-state index contributed by atoms with van der Waals surface area (Å²) in [5, 5.41) is 39.0. The zero-order chi connectivity index (χ0) is 18.7. The van der Waals surface area contributed by atoms with Crippen molar-refractivity contribution in [1.29, 1.82) is 0 Å². The number of aliphatic hydroxyl groups excluding tert-OH is 3. The second-order valence-corrected chi connectivity index (χ2v) is 7.05. The van der Waals surface area contributed by atoms with Crippen molar-refractivity contribution in [3.05, 3.63) is 24.3 Å². The van der Waals surface area contributed by atoms with Gasteiger partial charge < -0.3 is 20.4 Å². The van der Waals surface area contributed by atoms with Crippen LogP contribution < -0.4 is 0 Å². The monoisotopic (exact) mass is 354 g/mol. The van der Waals surface area contributed by atoms with Crippen LogP contribution in [0.2, 0.25) is 0 Å². The highest BCUT2D eigenvalue weighted by atomic mass is 16.4. The Kier molecular flexibility index (Phi) is 10.7. The Morgan fingerprint density at radius 1 is 1.16 bits per heavy atom. The molecule has 25 heavy (non-hydrogen) atoms. The molecule has 0 amide bonds. The van der Waals surface area contributed by atoms with E-state index in [1.807, 2.05) is 18.2 Å². The molecule has 5 heteroatoms. The fourth-order valence-electron chi connectivity index (χ4n) is 3.41. The predicted molar refractivity (Wildman–Crippen MR) is 98.1 cm³/mol. The van der Waals surface area contributed by atoms with Crippen LogP contribution in [0.5, 0.6) is 0 Å². The molecule has 0 saturated heterocycles. The minimum Gasteiger partial charge on any atom is -0.481 e. The molecule has 0 aromatic rings. The molecule has 4 N–H and O–H groups in total.